The molecule has 0 aliphatic rings. The quantitative estimate of drug-likeness (QED) is 0.121. The van der Waals surface area contributed by atoms with Crippen molar-refractivity contribution >= 4 is 87.5 Å². The summed E-state index contributed by atoms with van der Waals surface area (Å²) >= 11 is 0. The molecule has 6 aromatic heterocycles. The van der Waals surface area contributed by atoms with Crippen molar-refractivity contribution in [2.24, 2.45) is 0 Å². The minimum Gasteiger partial charge on any atom is -0.456 e. The van der Waals surface area contributed by atoms with Gasteiger partial charge in [-0.1, -0.05) is 273 Å². The molecule has 0 spiro atoms. The van der Waals surface area contributed by atoms with E-state index >= 15 is 0 Å². The zero-order valence-electron chi connectivity index (χ0n) is 60.6. The lowest BCUT2D eigenvalue weighted by Crippen LogP contribution is -1.96. The summed E-state index contributed by atoms with van der Waals surface area (Å²) in [6.07, 6.45) is 0. The van der Waals surface area contributed by atoms with Crippen LogP contribution in [0.1, 0.15) is 0 Å². The molecule has 6 heterocycles. The molecule has 0 aliphatic heterocycles. The Labute approximate surface area is 645 Å². The van der Waals surface area contributed by atoms with Crippen LogP contribution in [0.3, 0.4) is 0 Å². The van der Waals surface area contributed by atoms with E-state index in [4.69, 9.17) is 28.8 Å². The second-order valence-electron chi connectivity index (χ2n) is 28.4. The molecule has 0 N–H and O–H groups in total. The average molecular weight is 1430 g/mol. The van der Waals surface area contributed by atoms with Crippen LogP contribution in [-0.2, 0) is 0 Å². The number of aromatic nitrogens is 6. The summed E-state index contributed by atoms with van der Waals surface area (Å²) in [6.45, 7) is 0. The Kier molecular flexibility index (Phi) is 16.1. The van der Waals surface area contributed by atoms with Crippen molar-refractivity contribution in [2.75, 3.05) is 0 Å². The average Bonchev–Trinajstić information content (AvgIpc) is 1.58. The van der Waals surface area contributed by atoms with Crippen molar-refractivity contribution in [3.05, 3.63) is 400 Å². The summed E-state index contributed by atoms with van der Waals surface area (Å²) < 4.78 is 17.3. The number of hydrogen-bond acceptors (Lipinski definition) is 6. The fraction of sp³-hybridized carbons (Fsp3) is 0. The summed E-state index contributed by atoms with van der Waals surface area (Å²) in [5, 5.41) is 9.25. The van der Waals surface area contributed by atoms with Crippen LogP contribution in [0.25, 0.3) is 211 Å². The summed E-state index contributed by atoms with van der Waals surface area (Å²) in [5.74, 6) is 1.33. The normalized spacial score (nSPS) is 11.6. The van der Waals surface area contributed by atoms with E-state index in [1.54, 1.807) is 0 Å². The van der Waals surface area contributed by atoms with Gasteiger partial charge in [0.05, 0.1) is 44.8 Å². The molecule has 0 unspecified atom stereocenters. The van der Waals surface area contributed by atoms with E-state index in [1.165, 1.54) is 54.7 Å². The molecule has 112 heavy (non-hydrogen) atoms. The zero-order valence-corrected chi connectivity index (χ0v) is 60.6. The van der Waals surface area contributed by atoms with Crippen LogP contribution in [0.5, 0.6) is 0 Å². The molecule has 22 rings (SSSR count). The number of benzene rings is 16. The SMILES string of the molecule is c1ccc(-c2ccc3c(c2)c2cc(-c4cccc(-c5nc(-c6ccccc6)cc(-c6ccc7c(c6)oc6ccccc67)n5)c4)ccc2n3-c2ccccc2)cc1.c1ccc(-c2cccc(-c3cc(-c4ccc5c(c4)oc4ccccc45)nc(-c4cccc(-c5cccc6c5c5ccccc5n6-c5ccccc5)c4)n3)c2)cc1. The minimum atomic E-state index is 0.660. The number of nitrogens with zero attached hydrogens (tertiary/aromatic N) is 6. The van der Waals surface area contributed by atoms with Crippen molar-refractivity contribution in [3.8, 4) is 124 Å². The first-order chi connectivity index (χ1) is 55.5. The monoisotopic (exact) mass is 1430 g/mol. The van der Waals surface area contributed by atoms with Gasteiger partial charge in [-0.15, -0.1) is 0 Å². The molecule has 0 aliphatic carbocycles. The number of para-hydroxylation sites is 5. The summed E-state index contributed by atoms with van der Waals surface area (Å²) in [4.78, 5) is 20.9. The molecule has 0 bridgehead atoms. The van der Waals surface area contributed by atoms with E-state index in [-0.39, 0.29) is 0 Å². The third kappa shape index (κ3) is 11.8. The molecule has 0 radical (unpaired) electrons. The Morgan fingerprint density at radius 2 is 0.509 bits per heavy atom. The van der Waals surface area contributed by atoms with Crippen LogP contribution in [0.15, 0.2) is 409 Å². The van der Waals surface area contributed by atoms with Crippen LogP contribution < -0.4 is 0 Å². The van der Waals surface area contributed by atoms with Crippen molar-refractivity contribution in [1.29, 1.82) is 0 Å². The zero-order chi connectivity index (χ0) is 74.0. The topological polar surface area (TPSA) is 87.7 Å². The highest BCUT2D eigenvalue weighted by Crippen LogP contribution is 2.43. The van der Waals surface area contributed by atoms with Crippen molar-refractivity contribution < 1.29 is 8.83 Å². The van der Waals surface area contributed by atoms with Crippen molar-refractivity contribution in [3.63, 3.8) is 0 Å². The van der Waals surface area contributed by atoms with Gasteiger partial charge in [-0.05, 0) is 172 Å². The molecule has 0 amide bonds. The lowest BCUT2D eigenvalue weighted by molar-refractivity contribution is 0.668. The molecule has 22 aromatic rings. The fourth-order valence-corrected chi connectivity index (χ4v) is 16.3. The molecule has 0 fully saturated rings. The van der Waals surface area contributed by atoms with E-state index in [2.05, 4.69) is 349 Å². The maximum Gasteiger partial charge on any atom is 0.160 e. The lowest BCUT2D eigenvalue weighted by Gasteiger charge is -2.12. The summed E-state index contributed by atoms with van der Waals surface area (Å²) in [5.41, 5.74) is 28.9. The molecule has 8 heteroatoms. The second kappa shape index (κ2) is 27.6. The Morgan fingerprint density at radius 1 is 0.179 bits per heavy atom. The predicted octanol–water partition coefficient (Wildman–Crippen LogP) is 27.6. The van der Waals surface area contributed by atoms with Gasteiger partial charge in [0.15, 0.2) is 11.6 Å². The van der Waals surface area contributed by atoms with Gasteiger partial charge in [0.25, 0.3) is 0 Å². The van der Waals surface area contributed by atoms with Gasteiger partial charge in [-0.3, -0.25) is 0 Å². The van der Waals surface area contributed by atoms with Gasteiger partial charge in [-0.25, -0.2) is 19.9 Å². The molecule has 16 aromatic carbocycles. The Morgan fingerprint density at radius 3 is 1.04 bits per heavy atom. The Bertz CT molecular complexity index is 7370. The molecule has 8 nitrogen and oxygen atoms in total. The molecule has 0 saturated heterocycles. The lowest BCUT2D eigenvalue weighted by atomic mass is 9.97. The molecule has 0 saturated carbocycles. The van der Waals surface area contributed by atoms with E-state index in [9.17, 15) is 0 Å². The Balaban J connectivity index is 0.000000141. The first kappa shape index (κ1) is 65.2. The Hall–Kier alpha value is -15.1. The maximum atomic E-state index is 6.32. The van der Waals surface area contributed by atoms with Crippen LogP contribution >= 0.6 is 0 Å². The second-order valence-corrected chi connectivity index (χ2v) is 28.4. The number of rotatable bonds is 12. The van der Waals surface area contributed by atoms with Gasteiger partial charge in [0.1, 0.15) is 22.3 Å². The highest BCUT2D eigenvalue weighted by molar-refractivity contribution is 6.16. The first-order valence-corrected chi connectivity index (χ1v) is 37.8. The van der Waals surface area contributed by atoms with Gasteiger partial charge in [-0.2, -0.15) is 0 Å². The largest absolute Gasteiger partial charge is 0.456 e. The van der Waals surface area contributed by atoms with Gasteiger partial charge in [0, 0.05) is 87.8 Å². The first-order valence-electron chi connectivity index (χ1n) is 37.8. The predicted molar refractivity (Wildman–Crippen MR) is 462 cm³/mol. The van der Waals surface area contributed by atoms with Crippen molar-refractivity contribution in [2.45, 2.75) is 0 Å². The van der Waals surface area contributed by atoms with E-state index in [0.717, 1.165) is 145 Å². The van der Waals surface area contributed by atoms with Crippen LogP contribution in [0.2, 0.25) is 0 Å². The fourth-order valence-electron chi connectivity index (χ4n) is 16.3. The third-order valence-electron chi connectivity index (χ3n) is 21.6. The summed E-state index contributed by atoms with van der Waals surface area (Å²) in [7, 11) is 0. The minimum absolute atomic E-state index is 0.660. The van der Waals surface area contributed by atoms with Gasteiger partial charge < -0.3 is 18.0 Å². The molecular weight excluding hydrogens is 1370 g/mol. The van der Waals surface area contributed by atoms with E-state index in [1.807, 2.05) is 60.7 Å². The van der Waals surface area contributed by atoms with E-state index < -0.39 is 0 Å². The van der Waals surface area contributed by atoms with Crippen LogP contribution in [0, 0.1) is 0 Å². The van der Waals surface area contributed by atoms with Gasteiger partial charge >= 0.3 is 0 Å². The highest BCUT2D eigenvalue weighted by Gasteiger charge is 2.22. The number of furan rings is 2. The smallest absolute Gasteiger partial charge is 0.160 e. The molecule has 524 valence electrons. The van der Waals surface area contributed by atoms with Crippen LogP contribution in [0.4, 0.5) is 0 Å². The third-order valence-corrected chi connectivity index (χ3v) is 21.6. The molecular formula is C104H66N6O2. The highest BCUT2D eigenvalue weighted by atomic mass is 16.3. The number of fused-ring (bicyclic) bond motifs is 12. The van der Waals surface area contributed by atoms with Crippen LogP contribution in [-0.4, -0.2) is 29.1 Å². The summed E-state index contributed by atoms with van der Waals surface area (Å²) in [6, 6.07) is 141. The standard InChI is InChI=1S/2C52H33N3O/c1-4-13-34(14-5-1)37-24-27-48-44(30-37)45-31-38(25-28-49(45)55(48)41-19-8-3-9-20-41)36-17-12-18-40(29-36)52-53-46(35-15-6-2-7-16-35)33-47(54-52)39-23-26-43-42-21-10-11-22-50(42)56-51(43)32-39;1-3-14-34(15-4-1)35-16-11-18-37(30-35)45-33-46(38-28-29-43-42-22-8-10-27-49(42)56-50(43)32-38)54-52(53-45)39-19-12-17-36(31-39)41-24-13-26-48-51(41)44-23-7-9-25-47(44)55(48)40-20-5-2-6-21-40/h2*1-33H. The van der Waals surface area contributed by atoms with Crippen molar-refractivity contribution in [1.82, 2.24) is 29.1 Å². The maximum absolute atomic E-state index is 6.32. The number of hydrogen-bond donors (Lipinski definition) is 0. The van der Waals surface area contributed by atoms with Gasteiger partial charge in [0.2, 0.25) is 0 Å². The molecule has 0 atom stereocenters. The van der Waals surface area contributed by atoms with E-state index in [0.29, 0.717) is 11.6 Å².